The van der Waals surface area contributed by atoms with Crippen LogP contribution >= 0.6 is 0 Å². The highest BCUT2D eigenvalue weighted by atomic mass is 16.6. The molecular weight excluding hydrogens is 608 g/mol. The van der Waals surface area contributed by atoms with E-state index in [-0.39, 0.29) is 48.2 Å². The molecule has 1 fully saturated rings. The molecule has 7 N–H and O–H groups in total. The highest BCUT2D eigenvalue weighted by molar-refractivity contribution is 5.99. The summed E-state index contributed by atoms with van der Waals surface area (Å²) in [6.07, 6.45) is 3.32. The fourth-order valence-electron chi connectivity index (χ4n) is 5.10. The number of aromatic nitrogens is 4. The number of anilines is 2. The van der Waals surface area contributed by atoms with Crippen molar-refractivity contribution in [3.8, 4) is 23.3 Å². The van der Waals surface area contributed by atoms with Crippen LogP contribution in [0.25, 0.3) is 22.1 Å². The molecule has 15 heteroatoms. The zero-order chi connectivity index (χ0) is 34.0. The van der Waals surface area contributed by atoms with Gasteiger partial charge in [0.1, 0.15) is 34.7 Å². The van der Waals surface area contributed by atoms with Crippen molar-refractivity contribution in [1.82, 2.24) is 24.0 Å². The minimum atomic E-state index is -1.10. The Balaban J connectivity index is 1.31. The van der Waals surface area contributed by atoms with Crippen LogP contribution in [0.1, 0.15) is 41.5 Å². The molecule has 0 atom stereocenters. The number of nitrogen functional groups attached to an aromatic ring is 2. The average Bonchev–Trinajstić information content (AvgIpc) is 3.46. The normalized spacial score (nSPS) is 13.4. The second-order valence-electron chi connectivity index (χ2n) is 11.9. The summed E-state index contributed by atoms with van der Waals surface area (Å²) in [7, 11) is 1.44. The monoisotopic (exact) mass is 644 g/mol. The Hall–Kier alpha value is -5.91. The van der Waals surface area contributed by atoms with Gasteiger partial charge in [-0.25, -0.2) is 19.6 Å². The van der Waals surface area contributed by atoms with E-state index in [9.17, 15) is 19.5 Å². The quantitative estimate of drug-likeness (QED) is 0.153. The highest BCUT2D eigenvalue weighted by Crippen LogP contribution is 2.31. The number of primary amides is 1. The van der Waals surface area contributed by atoms with E-state index in [2.05, 4.69) is 21.8 Å². The Bertz CT molecular complexity index is 1970. The summed E-state index contributed by atoms with van der Waals surface area (Å²) in [4.78, 5) is 46.0. The lowest BCUT2D eigenvalue weighted by Crippen LogP contribution is -2.51. The molecule has 246 valence electrons. The van der Waals surface area contributed by atoms with Crippen LogP contribution in [0, 0.1) is 17.8 Å². The zero-order valence-electron chi connectivity index (χ0n) is 26.4. The number of fused-ring (bicyclic) bond motifs is 2. The van der Waals surface area contributed by atoms with Crippen molar-refractivity contribution in [2.45, 2.75) is 39.5 Å². The van der Waals surface area contributed by atoms with E-state index >= 15 is 0 Å². The third-order valence-corrected chi connectivity index (χ3v) is 7.31. The van der Waals surface area contributed by atoms with Gasteiger partial charge in [-0.2, -0.15) is 0 Å². The summed E-state index contributed by atoms with van der Waals surface area (Å²) in [6.45, 7) is 6.99. The molecule has 1 saturated heterocycles. The zero-order valence-corrected chi connectivity index (χ0v) is 26.4. The van der Waals surface area contributed by atoms with Gasteiger partial charge in [0.2, 0.25) is 17.8 Å². The van der Waals surface area contributed by atoms with E-state index in [0.29, 0.717) is 53.2 Å². The average molecular weight is 645 g/mol. The lowest BCUT2D eigenvalue weighted by molar-refractivity contribution is 0.00588. The number of rotatable bonds is 9. The number of carboxylic acids is 1. The largest absolute Gasteiger partial charge is 0.494 e. The first-order valence-electron chi connectivity index (χ1n) is 14.7. The molecule has 0 saturated carbocycles. The van der Waals surface area contributed by atoms with Crippen molar-refractivity contribution in [3.05, 3.63) is 47.5 Å². The topological polar surface area (TPSA) is 216 Å². The van der Waals surface area contributed by atoms with Gasteiger partial charge in [-0.3, -0.25) is 4.79 Å². The number of hydrogen-bond acceptors (Lipinski definition) is 10. The number of allylic oxidation sites excluding steroid dienone is 2. The van der Waals surface area contributed by atoms with Gasteiger partial charge in [-0.15, -0.1) is 0 Å². The summed E-state index contributed by atoms with van der Waals surface area (Å²) < 4.78 is 20.2. The first-order chi connectivity index (χ1) is 22.3. The number of methoxy groups -OCH3 is 1. The molecule has 2 amide bonds. The standard InChI is InChI=1S/C32H36N8O7/c1-32(2,3)47-31(44)38-16-18(17-38)8-7-11-46-24-14-19(27(33)41)12-21-26(24)40(30(35)36-21)10-6-5-9-39-25-22(37-29(39)34)13-20(28(42)43)15-23(25)45-4/h5-6,12-15,18H,9-11,16-17H2,1-4H3,(H2,33,41)(H2,34,37)(H2,35,36)(H,42,43)/b6-5+. The van der Waals surface area contributed by atoms with E-state index in [1.807, 2.05) is 32.9 Å². The van der Waals surface area contributed by atoms with Crippen LogP contribution in [0.15, 0.2) is 36.4 Å². The molecule has 2 aromatic heterocycles. The maximum atomic E-state index is 12.2. The first-order valence-corrected chi connectivity index (χ1v) is 14.7. The van der Waals surface area contributed by atoms with Crippen LogP contribution in [-0.2, 0) is 17.8 Å². The number of nitrogens with two attached hydrogens (primary N) is 3. The SMILES string of the molecule is COc1cc(C(=O)O)cc2nc(N)n(C/C=C/Cn3c(N)nc4cc(C(N)=O)cc(OCC#CC5CN(C(=O)OC(C)(C)C)C5)c43)c12. The van der Waals surface area contributed by atoms with Crippen LogP contribution in [0.3, 0.4) is 0 Å². The second kappa shape index (κ2) is 12.8. The minimum absolute atomic E-state index is 0.00440. The molecule has 1 aliphatic heterocycles. The lowest BCUT2D eigenvalue weighted by atomic mass is 10.0. The van der Waals surface area contributed by atoms with Crippen molar-refractivity contribution >= 4 is 51.9 Å². The number of carboxylic acid groups (broad SMARTS) is 1. The van der Waals surface area contributed by atoms with Gasteiger partial charge in [0.05, 0.1) is 29.6 Å². The van der Waals surface area contributed by atoms with Crippen molar-refractivity contribution in [2.75, 3.05) is 38.3 Å². The predicted octanol–water partition coefficient (Wildman–Crippen LogP) is 2.86. The Kier molecular flexibility index (Phi) is 8.87. The molecule has 0 radical (unpaired) electrons. The number of likely N-dealkylation sites (tertiary alicyclic amines) is 1. The van der Waals surface area contributed by atoms with Gasteiger partial charge >= 0.3 is 12.1 Å². The van der Waals surface area contributed by atoms with Gasteiger partial charge in [0.25, 0.3) is 0 Å². The van der Waals surface area contributed by atoms with Crippen LogP contribution in [0.2, 0.25) is 0 Å². The number of carbonyl (C=O) groups is 3. The van der Waals surface area contributed by atoms with Gasteiger partial charge in [0, 0.05) is 31.7 Å². The molecular formula is C32H36N8O7. The lowest BCUT2D eigenvalue weighted by Gasteiger charge is -2.37. The third kappa shape index (κ3) is 7.01. The Morgan fingerprint density at radius 3 is 2.04 bits per heavy atom. The van der Waals surface area contributed by atoms with Crippen LogP contribution < -0.4 is 26.7 Å². The van der Waals surface area contributed by atoms with Crippen molar-refractivity contribution in [3.63, 3.8) is 0 Å². The molecule has 0 bridgehead atoms. The Morgan fingerprint density at radius 1 is 0.957 bits per heavy atom. The summed E-state index contributed by atoms with van der Waals surface area (Å²) in [5, 5.41) is 9.41. The second-order valence-corrected chi connectivity index (χ2v) is 11.9. The molecule has 3 heterocycles. The molecule has 1 aliphatic rings. The fraction of sp³-hybridized carbons (Fsp3) is 0.344. The number of nitrogens with zero attached hydrogens (tertiary/aromatic N) is 5. The van der Waals surface area contributed by atoms with Gasteiger partial charge in [-0.05, 0) is 45.0 Å². The number of hydrogen-bond donors (Lipinski definition) is 4. The van der Waals surface area contributed by atoms with E-state index in [1.54, 1.807) is 20.1 Å². The minimum Gasteiger partial charge on any atom is -0.494 e. The fourth-order valence-corrected chi connectivity index (χ4v) is 5.10. The number of aromatic carboxylic acids is 1. The highest BCUT2D eigenvalue weighted by Gasteiger charge is 2.32. The smallest absolute Gasteiger partial charge is 0.410 e. The predicted molar refractivity (Wildman–Crippen MR) is 174 cm³/mol. The van der Waals surface area contributed by atoms with Gasteiger partial charge in [-0.1, -0.05) is 24.0 Å². The van der Waals surface area contributed by atoms with Crippen LogP contribution in [0.4, 0.5) is 16.7 Å². The van der Waals surface area contributed by atoms with Crippen molar-refractivity contribution in [1.29, 1.82) is 0 Å². The van der Waals surface area contributed by atoms with E-state index < -0.39 is 17.5 Å². The number of benzene rings is 2. The Morgan fingerprint density at radius 2 is 1.51 bits per heavy atom. The summed E-state index contributed by atoms with van der Waals surface area (Å²) in [6, 6.07) is 5.92. The van der Waals surface area contributed by atoms with Gasteiger partial charge < -0.3 is 50.6 Å². The number of carbonyl (C=O) groups excluding carboxylic acids is 2. The first kappa shape index (κ1) is 32.5. The van der Waals surface area contributed by atoms with E-state index in [1.165, 1.54) is 25.3 Å². The molecule has 4 aromatic rings. The molecule has 15 nitrogen and oxygen atoms in total. The summed E-state index contributed by atoms with van der Waals surface area (Å²) in [5.41, 5.74) is 19.6. The number of amides is 2. The Labute approximate surface area is 269 Å². The maximum Gasteiger partial charge on any atom is 0.410 e. The molecule has 0 spiro atoms. The summed E-state index contributed by atoms with van der Waals surface area (Å²) in [5.74, 6) is 5.36. The number of ether oxygens (including phenoxy) is 3. The third-order valence-electron chi connectivity index (χ3n) is 7.31. The molecule has 2 aromatic carbocycles. The molecule has 0 unspecified atom stereocenters. The van der Waals surface area contributed by atoms with Crippen molar-refractivity contribution < 1.29 is 33.7 Å². The molecule has 0 aliphatic carbocycles. The van der Waals surface area contributed by atoms with Crippen molar-refractivity contribution in [2.24, 2.45) is 11.7 Å². The van der Waals surface area contributed by atoms with Crippen LogP contribution in [-0.4, -0.2) is 79.5 Å². The molecule has 47 heavy (non-hydrogen) atoms. The van der Waals surface area contributed by atoms with Gasteiger partial charge in [0.15, 0.2) is 0 Å². The molecule has 5 rings (SSSR count). The summed E-state index contributed by atoms with van der Waals surface area (Å²) >= 11 is 0. The van der Waals surface area contributed by atoms with Crippen LogP contribution in [0.5, 0.6) is 11.5 Å². The van der Waals surface area contributed by atoms with E-state index in [4.69, 9.17) is 31.4 Å². The van der Waals surface area contributed by atoms with E-state index in [0.717, 1.165) is 0 Å². The maximum absolute atomic E-state index is 12.2. The number of imidazole rings is 2.